The molecule has 1 fully saturated rings. The van der Waals surface area contributed by atoms with Crippen molar-refractivity contribution < 1.29 is 17.4 Å². The average molecular weight is 461 g/mol. The van der Waals surface area contributed by atoms with Gasteiger partial charge in [0.15, 0.2) is 5.84 Å². The molecule has 0 saturated heterocycles. The minimum absolute atomic E-state index is 0.00775. The molecule has 2 heterocycles. The first-order chi connectivity index (χ1) is 14.8. The van der Waals surface area contributed by atoms with E-state index in [0.29, 0.717) is 10.7 Å². The summed E-state index contributed by atoms with van der Waals surface area (Å²) in [5.74, 6) is 0.427. The van der Waals surface area contributed by atoms with Gasteiger partial charge in [0.05, 0.1) is 11.8 Å². The van der Waals surface area contributed by atoms with Gasteiger partial charge in [0, 0.05) is 0 Å². The molecule has 1 aromatic carbocycles. The highest BCUT2D eigenvalue weighted by Gasteiger charge is 2.35. The molecule has 1 saturated carbocycles. The number of nitrogens with zero attached hydrogens (tertiary/aromatic N) is 3. The SMILES string of the molecule is CS(=O)(=O)Oc1ccc(/C=C2/C(=N)N3N=C(CCC4CCCCC4)SC3=NC2=O)cc1. The average Bonchev–Trinajstić information content (AvgIpc) is 3.13. The standard InChI is InChI=1S/C21H24N4O4S2/c1-31(27,28)29-16-10-7-15(8-11-16)13-17-19(22)25-21(23-20(17)26)30-18(24-25)12-9-14-5-3-2-4-6-14/h7-8,10-11,13-14,22H,2-6,9,12H2,1H3/b17-13-,22-19?. The van der Waals surface area contributed by atoms with E-state index in [0.717, 1.165) is 30.1 Å². The summed E-state index contributed by atoms with van der Waals surface area (Å²) in [7, 11) is -3.61. The maximum atomic E-state index is 12.5. The highest BCUT2D eigenvalue weighted by atomic mass is 32.2. The summed E-state index contributed by atoms with van der Waals surface area (Å²) in [4.78, 5) is 16.6. The molecule has 164 valence electrons. The van der Waals surface area contributed by atoms with Crippen LogP contribution in [0.5, 0.6) is 5.75 Å². The van der Waals surface area contributed by atoms with Gasteiger partial charge in [-0.3, -0.25) is 10.2 Å². The molecule has 0 bridgehead atoms. The summed E-state index contributed by atoms with van der Waals surface area (Å²) in [6, 6.07) is 6.22. The number of rotatable bonds is 6. The molecular weight excluding hydrogens is 436 g/mol. The van der Waals surface area contributed by atoms with Gasteiger partial charge in [0.2, 0.25) is 5.17 Å². The normalized spacial score (nSPS) is 21.2. The van der Waals surface area contributed by atoms with Crippen molar-refractivity contribution in [3.05, 3.63) is 35.4 Å². The number of nitrogens with one attached hydrogen (secondary N) is 1. The Morgan fingerprint density at radius 1 is 1.23 bits per heavy atom. The second-order valence-electron chi connectivity index (χ2n) is 7.91. The quantitative estimate of drug-likeness (QED) is 0.507. The largest absolute Gasteiger partial charge is 0.383 e. The Bertz CT molecular complexity index is 1080. The first kappa shape index (κ1) is 21.8. The zero-order chi connectivity index (χ0) is 22.0. The van der Waals surface area contributed by atoms with Crippen molar-refractivity contribution in [1.29, 1.82) is 5.41 Å². The Morgan fingerprint density at radius 3 is 2.61 bits per heavy atom. The van der Waals surface area contributed by atoms with Gasteiger partial charge in [-0.2, -0.15) is 23.5 Å². The first-order valence-electron chi connectivity index (χ1n) is 10.3. The minimum atomic E-state index is -3.61. The molecule has 0 spiro atoms. The molecule has 4 rings (SSSR count). The Labute approximate surface area is 186 Å². The van der Waals surface area contributed by atoms with Crippen molar-refractivity contribution in [1.82, 2.24) is 5.01 Å². The number of hydrogen-bond acceptors (Lipinski definition) is 7. The van der Waals surface area contributed by atoms with Gasteiger partial charge in [0.25, 0.3) is 5.91 Å². The number of carbonyl (C=O) groups is 1. The number of aliphatic imine (C=N–C) groups is 1. The molecule has 31 heavy (non-hydrogen) atoms. The first-order valence-corrected chi connectivity index (χ1v) is 12.9. The summed E-state index contributed by atoms with van der Waals surface area (Å²) in [6.45, 7) is 0. The topological polar surface area (TPSA) is 112 Å². The van der Waals surface area contributed by atoms with E-state index < -0.39 is 16.0 Å². The molecule has 1 N–H and O–H groups in total. The number of hydrazone groups is 1. The molecule has 0 unspecified atom stereocenters. The lowest BCUT2D eigenvalue weighted by atomic mass is 9.86. The van der Waals surface area contributed by atoms with E-state index in [1.165, 1.54) is 61.0 Å². The second-order valence-corrected chi connectivity index (χ2v) is 10.5. The summed E-state index contributed by atoms with van der Waals surface area (Å²) in [5, 5.41) is 15.7. The fourth-order valence-corrected chi connectivity index (χ4v) is 5.26. The van der Waals surface area contributed by atoms with Crippen LogP contribution in [-0.2, 0) is 14.9 Å². The third kappa shape index (κ3) is 5.43. The Kier molecular flexibility index (Phi) is 6.29. The molecule has 0 radical (unpaired) electrons. The van der Waals surface area contributed by atoms with Gasteiger partial charge in [-0.1, -0.05) is 44.2 Å². The monoisotopic (exact) mass is 460 g/mol. The smallest absolute Gasteiger partial charge is 0.306 e. The highest BCUT2D eigenvalue weighted by molar-refractivity contribution is 8.26. The minimum Gasteiger partial charge on any atom is -0.383 e. The number of thioether (sulfide) groups is 1. The van der Waals surface area contributed by atoms with Crippen molar-refractivity contribution in [3.63, 3.8) is 0 Å². The lowest BCUT2D eigenvalue weighted by Crippen LogP contribution is -2.35. The Balaban J connectivity index is 1.46. The summed E-state index contributed by atoms with van der Waals surface area (Å²) < 4.78 is 27.2. The molecule has 2 aliphatic heterocycles. The van der Waals surface area contributed by atoms with Crippen LogP contribution in [0.3, 0.4) is 0 Å². The molecule has 1 amide bonds. The van der Waals surface area contributed by atoms with Crippen molar-refractivity contribution in [2.24, 2.45) is 16.0 Å². The third-order valence-corrected chi connectivity index (χ3v) is 6.89. The molecule has 10 heteroatoms. The zero-order valence-electron chi connectivity index (χ0n) is 17.2. The lowest BCUT2D eigenvalue weighted by molar-refractivity contribution is -0.114. The molecule has 1 aliphatic carbocycles. The van der Waals surface area contributed by atoms with Crippen LogP contribution in [0, 0.1) is 11.3 Å². The van der Waals surface area contributed by atoms with Crippen molar-refractivity contribution >= 4 is 49.9 Å². The lowest BCUT2D eigenvalue weighted by Gasteiger charge is -2.20. The molecule has 0 atom stereocenters. The van der Waals surface area contributed by atoms with Gasteiger partial charge in [-0.25, -0.2) is 0 Å². The van der Waals surface area contributed by atoms with E-state index in [1.807, 2.05) is 0 Å². The van der Waals surface area contributed by atoms with Crippen LogP contribution in [0.25, 0.3) is 6.08 Å². The fourth-order valence-electron chi connectivity index (χ4n) is 3.90. The molecule has 3 aliphatic rings. The van der Waals surface area contributed by atoms with Gasteiger partial charge in [-0.15, -0.1) is 0 Å². The summed E-state index contributed by atoms with van der Waals surface area (Å²) in [6.07, 6.45) is 10.9. The number of amidine groups is 2. The van der Waals surface area contributed by atoms with E-state index >= 15 is 0 Å². The predicted octanol–water partition coefficient (Wildman–Crippen LogP) is 4.00. The van der Waals surface area contributed by atoms with Crippen LogP contribution in [0.4, 0.5) is 0 Å². The van der Waals surface area contributed by atoms with E-state index in [1.54, 1.807) is 18.2 Å². The van der Waals surface area contributed by atoms with Gasteiger partial charge < -0.3 is 4.18 Å². The van der Waals surface area contributed by atoms with E-state index in [2.05, 4.69) is 10.1 Å². The Hall–Kier alpha value is -2.46. The molecule has 1 aromatic rings. The van der Waals surface area contributed by atoms with Crippen LogP contribution in [0.1, 0.15) is 50.5 Å². The van der Waals surface area contributed by atoms with Crippen LogP contribution in [0.15, 0.2) is 39.9 Å². The van der Waals surface area contributed by atoms with Crippen molar-refractivity contribution in [2.75, 3.05) is 6.26 Å². The van der Waals surface area contributed by atoms with Crippen LogP contribution < -0.4 is 4.18 Å². The van der Waals surface area contributed by atoms with Crippen LogP contribution in [-0.4, -0.2) is 41.6 Å². The number of benzene rings is 1. The second kappa shape index (κ2) is 8.96. The predicted molar refractivity (Wildman–Crippen MR) is 123 cm³/mol. The maximum absolute atomic E-state index is 12.5. The van der Waals surface area contributed by atoms with Gasteiger partial charge in [0.1, 0.15) is 10.8 Å². The number of carbonyl (C=O) groups excluding carboxylic acids is 1. The van der Waals surface area contributed by atoms with E-state index in [-0.39, 0.29) is 17.2 Å². The molecule has 0 aromatic heterocycles. The Morgan fingerprint density at radius 2 is 1.94 bits per heavy atom. The number of amides is 1. The van der Waals surface area contributed by atoms with Crippen LogP contribution in [0.2, 0.25) is 0 Å². The van der Waals surface area contributed by atoms with Crippen LogP contribution >= 0.6 is 11.8 Å². The van der Waals surface area contributed by atoms with E-state index in [4.69, 9.17) is 9.59 Å². The molecule has 8 nitrogen and oxygen atoms in total. The number of fused-ring (bicyclic) bond motifs is 1. The van der Waals surface area contributed by atoms with Gasteiger partial charge in [-0.05, 0) is 54.3 Å². The maximum Gasteiger partial charge on any atom is 0.306 e. The van der Waals surface area contributed by atoms with Crippen molar-refractivity contribution in [2.45, 2.75) is 44.9 Å². The van der Waals surface area contributed by atoms with Gasteiger partial charge >= 0.3 is 10.1 Å². The van der Waals surface area contributed by atoms with E-state index in [9.17, 15) is 13.2 Å². The zero-order valence-corrected chi connectivity index (χ0v) is 18.8. The van der Waals surface area contributed by atoms with Crippen molar-refractivity contribution in [3.8, 4) is 5.75 Å². The molecular formula is C21H24N4O4S2. The summed E-state index contributed by atoms with van der Waals surface area (Å²) >= 11 is 1.37. The fraction of sp³-hybridized carbons (Fsp3) is 0.429. The summed E-state index contributed by atoms with van der Waals surface area (Å²) in [5.41, 5.74) is 0.763. The number of hydrogen-bond donors (Lipinski definition) is 1. The third-order valence-electron chi connectivity index (χ3n) is 5.43. The highest BCUT2D eigenvalue weighted by Crippen LogP contribution is 2.33.